The standard InChI is InChI=1S/C27H29NO7/c1-17-7-8-18(2)23(13-17)33-12-4-6-25(29)34-20-10-9-19-14-22(27(31)35-24(19)15-20)26(30)28-16-21-5-3-11-32-21/h7-10,13-15,21H,3-6,11-12,16H2,1-2H3,(H,28,30). The summed E-state index contributed by atoms with van der Waals surface area (Å²) in [5.74, 6) is 0.149. The van der Waals surface area contributed by atoms with Gasteiger partial charge in [0.05, 0.1) is 12.7 Å². The molecule has 1 aromatic heterocycles. The summed E-state index contributed by atoms with van der Waals surface area (Å²) in [4.78, 5) is 37.0. The topological polar surface area (TPSA) is 104 Å². The fourth-order valence-electron chi connectivity index (χ4n) is 3.86. The minimum absolute atomic E-state index is 0.0260. The minimum atomic E-state index is -0.755. The summed E-state index contributed by atoms with van der Waals surface area (Å²) in [5.41, 5.74) is 1.55. The van der Waals surface area contributed by atoms with E-state index in [-0.39, 0.29) is 29.4 Å². The number of hydrogen-bond acceptors (Lipinski definition) is 7. The smallest absolute Gasteiger partial charge is 0.349 e. The quantitative estimate of drug-likeness (QED) is 0.213. The molecule has 1 saturated heterocycles. The number of ether oxygens (including phenoxy) is 3. The summed E-state index contributed by atoms with van der Waals surface area (Å²) in [6, 6.07) is 12.2. The van der Waals surface area contributed by atoms with Crippen molar-refractivity contribution in [2.24, 2.45) is 0 Å². The number of nitrogens with one attached hydrogen (secondary N) is 1. The average molecular weight is 480 g/mol. The summed E-state index contributed by atoms with van der Waals surface area (Å²) >= 11 is 0. The number of benzene rings is 2. The van der Waals surface area contributed by atoms with Gasteiger partial charge in [0.15, 0.2) is 0 Å². The lowest BCUT2D eigenvalue weighted by Crippen LogP contribution is -2.34. The van der Waals surface area contributed by atoms with Crippen LogP contribution in [0.5, 0.6) is 11.5 Å². The fourth-order valence-corrected chi connectivity index (χ4v) is 3.86. The van der Waals surface area contributed by atoms with E-state index in [4.69, 9.17) is 18.6 Å². The van der Waals surface area contributed by atoms with Crippen LogP contribution >= 0.6 is 0 Å². The summed E-state index contributed by atoms with van der Waals surface area (Å²) in [6.45, 7) is 5.40. The van der Waals surface area contributed by atoms with Gasteiger partial charge in [0, 0.05) is 31.0 Å². The molecule has 1 amide bonds. The third-order valence-electron chi connectivity index (χ3n) is 5.82. The molecular weight excluding hydrogens is 450 g/mol. The van der Waals surface area contributed by atoms with E-state index in [9.17, 15) is 14.4 Å². The SMILES string of the molecule is Cc1ccc(C)c(OCCCC(=O)Oc2ccc3cc(C(=O)NCC4CCCO4)c(=O)oc3c2)c1. The lowest BCUT2D eigenvalue weighted by molar-refractivity contribution is -0.134. The summed E-state index contributed by atoms with van der Waals surface area (Å²) < 4.78 is 21.9. The van der Waals surface area contributed by atoms with Gasteiger partial charge in [-0.25, -0.2) is 4.79 Å². The molecule has 0 bridgehead atoms. The lowest BCUT2D eigenvalue weighted by atomic mass is 10.1. The van der Waals surface area contributed by atoms with Crippen LogP contribution in [0.2, 0.25) is 0 Å². The number of hydrogen-bond donors (Lipinski definition) is 1. The Bertz CT molecular complexity index is 1270. The van der Waals surface area contributed by atoms with Crippen molar-refractivity contribution in [1.82, 2.24) is 5.32 Å². The van der Waals surface area contributed by atoms with Crippen molar-refractivity contribution in [3.8, 4) is 11.5 Å². The zero-order chi connectivity index (χ0) is 24.8. The fraction of sp³-hybridized carbons (Fsp3) is 0.370. The van der Waals surface area contributed by atoms with Gasteiger partial charge in [-0.05, 0) is 68.5 Å². The summed E-state index contributed by atoms with van der Waals surface area (Å²) in [7, 11) is 0. The number of amides is 1. The largest absolute Gasteiger partial charge is 0.493 e. The van der Waals surface area contributed by atoms with E-state index in [1.807, 2.05) is 32.0 Å². The summed E-state index contributed by atoms with van der Waals surface area (Å²) in [5, 5.41) is 3.27. The van der Waals surface area contributed by atoms with E-state index in [1.54, 1.807) is 12.1 Å². The number of rotatable bonds is 9. The van der Waals surface area contributed by atoms with Crippen LogP contribution in [0, 0.1) is 13.8 Å². The predicted molar refractivity (Wildman–Crippen MR) is 130 cm³/mol. The molecule has 3 aromatic rings. The molecule has 8 heteroatoms. The number of carbonyl (C=O) groups is 2. The first-order chi connectivity index (χ1) is 16.9. The highest BCUT2D eigenvalue weighted by Crippen LogP contribution is 2.22. The van der Waals surface area contributed by atoms with Crippen LogP contribution in [0.15, 0.2) is 51.7 Å². The Morgan fingerprint density at radius 3 is 2.77 bits per heavy atom. The van der Waals surface area contributed by atoms with Gasteiger partial charge in [0.25, 0.3) is 5.91 Å². The van der Waals surface area contributed by atoms with Gasteiger partial charge >= 0.3 is 11.6 Å². The molecule has 35 heavy (non-hydrogen) atoms. The van der Waals surface area contributed by atoms with Crippen LogP contribution < -0.4 is 20.4 Å². The normalized spacial score (nSPS) is 15.2. The number of esters is 1. The average Bonchev–Trinajstić information content (AvgIpc) is 3.35. The number of aryl methyl sites for hydroxylation is 2. The van der Waals surface area contributed by atoms with Gasteiger partial charge in [-0.1, -0.05) is 12.1 Å². The second-order valence-corrected chi connectivity index (χ2v) is 8.69. The van der Waals surface area contributed by atoms with Crippen molar-refractivity contribution >= 4 is 22.8 Å². The molecule has 0 aliphatic carbocycles. The third-order valence-corrected chi connectivity index (χ3v) is 5.82. The molecule has 1 fully saturated rings. The van der Waals surface area contributed by atoms with Gasteiger partial charge in [0.2, 0.25) is 0 Å². The van der Waals surface area contributed by atoms with Crippen molar-refractivity contribution in [2.45, 2.75) is 45.6 Å². The molecule has 184 valence electrons. The van der Waals surface area contributed by atoms with Crippen LogP contribution in [0.25, 0.3) is 11.0 Å². The van der Waals surface area contributed by atoms with Crippen LogP contribution in [-0.2, 0) is 9.53 Å². The van der Waals surface area contributed by atoms with Gasteiger partial charge in [-0.2, -0.15) is 0 Å². The number of fused-ring (bicyclic) bond motifs is 1. The number of carbonyl (C=O) groups excluding carboxylic acids is 2. The third kappa shape index (κ3) is 6.48. The Labute approximate surface area is 203 Å². The van der Waals surface area contributed by atoms with E-state index in [0.717, 1.165) is 29.7 Å². The zero-order valence-electron chi connectivity index (χ0n) is 19.9. The van der Waals surface area contributed by atoms with E-state index in [1.165, 1.54) is 12.1 Å². The first-order valence-corrected chi connectivity index (χ1v) is 11.8. The van der Waals surface area contributed by atoms with Crippen molar-refractivity contribution in [3.05, 3.63) is 69.6 Å². The zero-order valence-corrected chi connectivity index (χ0v) is 19.9. The highest BCUT2D eigenvalue weighted by atomic mass is 16.5. The van der Waals surface area contributed by atoms with Gasteiger partial charge in [0.1, 0.15) is 22.6 Å². The molecular formula is C27H29NO7. The molecule has 1 unspecified atom stereocenters. The van der Waals surface area contributed by atoms with E-state index in [2.05, 4.69) is 5.32 Å². The highest BCUT2D eigenvalue weighted by molar-refractivity contribution is 5.96. The molecule has 1 aliphatic heterocycles. The Morgan fingerprint density at radius 2 is 1.97 bits per heavy atom. The van der Waals surface area contributed by atoms with Crippen LogP contribution in [0.3, 0.4) is 0 Å². The van der Waals surface area contributed by atoms with Crippen LogP contribution in [-0.4, -0.2) is 37.7 Å². The van der Waals surface area contributed by atoms with E-state index in [0.29, 0.717) is 31.6 Å². The molecule has 0 saturated carbocycles. The second-order valence-electron chi connectivity index (χ2n) is 8.69. The summed E-state index contributed by atoms with van der Waals surface area (Å²) in [6.07, 6.45) is 2.50. The Kier molecular flexibility index (Phi) is 7.82. The predicted octanol–water partition coefficient (Wildman–Crippen LogP) is 4.08. The molecule has 1 atom stereocenters. The molecule has 1 N–H and O–H groups in total. The molecule has 0 spiro atoms. The second kappa shape index (κ2) is 11.2. The maximum Gasteiger partial charge on any atom is 0.349 e. The van der Waals surface area contributed by atoms with Crippen molar-refractivity contribution in [2.75, 3.05) is 19.8 Å². The van der Waals surface area contributed by atoms with Crippen LogP contribution in [0.4, 0.5) is 0 Å². The van der Waals surface area contributed by atoms with E-state index >= 15 is 0 Å². The molecule has 2 heterocycles. The van der Waals surface area contributed by atoms with Crippen LogP contribution in [0.1, 0.15) is 47.2 Å². The Balaban J connectivity index is 1.31. The first-order valence-electron chi connectivity index (χ1n) is 11.8. The maximum absolute atomic E-state index is 12.4. The minimum Gasteiger partial charge on any atom is -0.493 e. The Morgan fingerprint density at radius 1 is 1.11 bits per heavy atom. The lowest BCUT2D eigenvalue weighted by Gasteiger charge is -2.11. The Hall–Kier alpha value is -3.65. The monoisotopic (exact) mass is 479 g/mol. The van der Waals surface area contributed by atoms with Gasteiger partial charge in [-0.15, -0.1) is 0 Å². The molecule has 2 aromatic carbocycles. The molecule has 1 aliphatic rings. The van der Waals surface area contributed by atoms with Gasteiger partial charge in [-0.3, -0.25) is 9.59 Å². The molecule has 0 radical (unpaired) electrons. The van der Waals surface area contributed by atoms with Crippen molar-refractivity contribution in [3.63, 3.8) is 0 Å². The maximum atomic E-state index is 12.4. The van der Waals surface area contributed by atoms with E-state index < -0.39 is 17.5 Å². The molecule has 4 rings (SSSR count). The van der Waals surface area contributed by atoms with Crippen molar-refractivity contribution < 1.29 is 28.2 Å². The highest BCUT2D eigenvalue weighted by Gasteiger charge is 2.19. The molecule has 8 nitrogen and oxygen atoms in total. The first kappa shape index (κ1) is 24.5. The van der Waals surface area contributed by atoms with Gasteiger partial charge < -0.3 is 23.9 Å². The van der Waals surface area contributed by atoms with Crippen molar-refractivity contribution in [1.29, 1.82) is 0 Å².